The average molecular weight is 766 g/mol. The molecule has 5 heteroatoms. The molecule has 0 amide bonds. The zero-order valence-corrected chi connectivity index (χ0v) is 40.6. The fraction of sp³-hybridized carbons (Fsp3) is 0.627. The summed E-state index contributed by atoms with van der Waals surface area (Å²) in [6.07, 6.45) is 9.66. The predicted octanol–water partition coefficient (Wildman–Crippen LogP) is 14.1. The van der Waals surface area contributed by atoms with Crippen molar-refractivity contribution in [2.45, 2.75) is 209 Å². The van der Waals surface area contributed by atoms with E-state index in [1.807, 2.05) is 31.0 Å². The fourth-order valence-corrected chi connectivity index (χ4v) is 4.96. The lowest BCUT2D eigenvalue weighted by Crippen LogP contribution is -2.18. The first kappa shape index (κ1) is 50.5. The van der Waals surface area contributed by atoms with Crippen molar-refractivity contribution in [3.8, 4) is 0 Å². The van der Waals surface area contributed by atoms with Gasteiger partial charge in [0.05, 0.1) is 11.4 Å². The highest BCUT2D eigenvalue weighted by atomic mass is 14.9. The number of nitrogens with zero attached hydrogens (tertiary/aromatic N) is 5. The quantitative estimate of drug-likeness (QED) is 0.178. The lowest BCUT2D eigenvalue weighted by atomic mass is 9.82. The van der Waals surface area contributed by atoms with Crippen molar-refractivity contribution in [1.29, 1.82) is 0 Å². The molecule has 312 valence electrons. The van der Waals surface area contributed by atoms with Crippen LogP contribution in [-0.4, -0.2) is 24.9 Å². The smallest absolute Gasteiger partial charge is 0.133 e. The van der Waals surface area contributed by atoms with Gasteiger partial charge in [-0.25, -0.2) is 9.97 Å². The van der Waals surface area contributed by atoms with E-state index < -0.39 is 0 Å². The second-order valence-corrected chi connectivity index (χ2v) is 23.6. The van der Waals surface area contributed by atoms with E-state index in [2.05, 4.69) is 227 Å². The zero-order valence-electron chi connectivity index (χ0n) is 40.6. The van der Waals surface area contributed by atoms with Crippen molar-refractivity contribution >= 4 is 0 Å². The maximum atomic E-state index is 4.52. The predicted molar refractivity (Wildman–Crippen MR) is 244 cm³/mol. The van der Waals surface area contributed by atoms with Crippen LogP contribution in [0.15, 0.2) is 67.4 Å². The van der Waals surface area contributed by atoms with Crippen molar-refractivity contribution in [1.82, 2.24) is 24.9 Å². The maximum absolute atomic E-state index is 4.52. The molecule has 56 heavy (non-hydrogen) atoms. The fourth-order valence-electron chi connectivity index (χ4n) is 4.96. The molecule has 0 spiro atoms. The van der Waals surface area contributed by atoms with Crippen molar-refractivity contribution in [3.63, 3.8) is 0 Å². The number of hydrogen-bond donors (Lipinski definition) is 0. The lowest BCUT2D eigenvalue weighted by molar-refractivity contribution is 0.532. The van der Waals surface area contributed by atoms with Gasteiger partial charge in [-0.15, -0.1) is 0 Å². The molecule has 0 aliphatic carbocycles. The molecule has 4 rings (SSSR count). The van der Waals surface area contributed by atoms with Gasteiger partial charge < -0.3 is 0 Å². The topological polar surface area (TPSA) is 64.5 Å². The SMILES string of the molecule is CC(C)(C)c1ccc(C(C)(C)C)cc1.CC(C)(C)c1ccc(C(C)(C)C)nc1.CC(C)(C)c1cnc(C(C)(C)C)cn1.CC(C)(C)c1cnc(C(C)(C)C)nc1. The molecule has 3 aromatic heterocycles. The van der Waals surface area contributed by atoms with Gasteiger partial charge in [-0.2, -0.15) is 0 Å². The van der Waals surface area contributed by atoms with Crippen molar-refractivity contribution < 1.29 is 0 Å². The van der Waals surface area contributed by atoms with Crippen LogP contribution in [0.4, 0.5) is 0 Å². The first-order chi connectivity index (χ1) is 24.8. The van der Waals surface area contributed by atoms with Gasteiger partial charge >= 0.3 is 0 Å². The summed E-state index contributed by atoms with van der Waals surface area (Å²) < 4.78 is 0. The number of rotatable bonds is 0. The summed E-state index contributed by atoms with van der Waals surface area (Å²) in [5.41, 5.74) is 9.76. The minimum Gasteiger partial charge on any atom is -0.260 e. The van der Waals surface area contributed by atoms with Crippen molar-refractivity contribution in [3.05, 3.63) is 113 Å². The summed E-state index contributed by atoms with van der Waals surface area (Å²) in [6, 6.07) is 13.3. The molecule has 5 nitrogen and oxygen atoms in total. The Morgan fingerprint density at radius 2 is 0.500 bits per heavy atom. The molecule has 0 radical (unpaired) electrons. The summed E-state index contributed by atoms with van der Waals surface area (Å²) in [5, 5.41) is 0. The Morgan fingerprint density at radius 3 is 0.714 bits per heavy atom. The highest BCUT2D eigenvalue weighted by Crippen LogP contribution is 2.28. The van der Waals surface area contributed by atoms with E-state index in [-0.39, 0.29) is 43.3 Å². The van der Waals surface area contributed by atoms with Crippen LogP contribution in [0.2, 0.25) is 0 Å². The van der Waals surface area contributed by atoms with Crippen LogP contribution in [0.1, 0.15) is 211 Å². The first-order valence-corrected chi connectivity index (χ1v) is 20.6. The van der Waals surface area contributed by atoms with Crippen LogP contribution in [-0.2, 0) is 43.3 Å². The van der Waals surface area contributed by atoms with Crippen LogP contribution < -0.4 is 0 Å². The normalized spacial score (nSPS) is 13.0. The van der Waals surface area contributed by atoms with Crippen molar-refractivity contribution in [2.75, 3.05) is 0 Å². The third kappa shape index (κ3) is 17.3. The van der Waals surface area contributed by atoms with E-state index in [1.165, 1.54) is 22.3 Å². The maximum Gasteiger partial charge on any atom is 0.133 e. The Bertz CT molecular complexity index is 1320. The Hall–Kier alpha value is -3.47. The van der Waals surface area contributed by atoms with Gasteiger partial charge in [0.25, 0.3) is 0 Å². The molecule has 0 aliphatic heterocycles. The molecule has 0 bridgehead atoms. The third-order valence-corrected chi connectivity index (χ3v) is 9.39. The molecule has 1 aromatic carbocycles. The minimum atomic E-state index is 0.0381. The van der Waals surface area contributed by atoms with E-state index in [0.29, 0.717) is 0 Å². The van der Waals surface area contributed by atoms with Gasteiger partial charge in [0.1, 0.15) is 5.82 Å². The Morgan fingerprint density at radius 1 is 0.232 bits per heavy atom. The van der Waals surface area contributed by atoms with Gasteiger partial charge in [-0.1, -0.05) is 197 Å². The monoisotopic (exact) mass is 766 g/mol. The number of pyridine rings is 1. The molecule has 3 heterocycles. The summed E-state index contributed by atoms with van der Waals surface area (Å²) in [7, 11) is 0. The molecule has 0 aliphatic rings. The van der Waals surface area contributed by atoms with E-state index in [9.17, 15) is 0 Å². The molecular weight excluding hydrogens is 683 g/mol. The summed E-state index contributed by atoms with van der Waals surface area (Å²) in [5.74, 6) is 0.908. The highest BCUT2D eigenvalue weighted by molar-refractivity contribution is 5.31. The van der Waals surface area contributed by atoms with Gasteiger partial charge in [-0.3, -0.25) is 15.0 Å². The second-order valence-electron chi connectivity index (χ2n) is 23.6. The molecule has 0 unspecified atom stereocenters. The van der Waals surface area contributed by atoms with E-state index >= 15 is 0 Å². The van der Waals surface area contributed by atoms with Crippen molar-refractivity contribution in [2.24, 2.45) is 0 Å². The molecule has 0 atom stereocenters. The van der Waals surface area contributed by atoms with Gasteiger partial charge in [0.2, 0.25) is 0 Å². The molecule has 4 aromatic rings. The number of aromatic nitrogens is 5. The molecule has 0 fully saturated rings. The Labute approximate surface area is 345 Å². The minimum absolute atomic E-state index is 0.0381. The van der Waals surface area contributed by atoms with Crippen LogP contribution in [0, 0.1) is 0 Å². The largest absolute Gasteiger partial charge is 0.260 e. The molecule has 0 saturated heterocycles. The van der Waals surface area contributed by atoms with Crippen LogP contribution >= 0.6 is 0 Å². The number of benzene rings is 1. The standard InChI is InChI=1S/C14H22.C13H21N.2C12H20N2/c1-13(2,3)11-7-9-12(10-8-11)14(4,5)6;1-12(2,3)10-7-8-11(14-9-10)13(4,5)6;1-11(2,3)9-7-14-10(8-13-9)12(4,5)6;1-11(2,3)9-7-13-10(14-8-9)12(4,5)6/h7-10H,1-6H3;7-9H,1-6H3;2*7-8H,1-6H3. The highest BCUT2D eigenvalue weighted by Gasteiger charge is 2.22. The lowest BCUT2D eigenvalue weighted by Gasteiger charge is -2.23. The van der Waals surface area contributed by atoms with Gasteiger partial charge in [0, 0.05) is 58.3 Å². The second kappa shape index (κ2) is 18.4. The zero-order chi connectivity index (χ0) is 43.9. The number of hydrogen-bond acceptors (Lipinski definition) is 5. The molecular formula is C51H83N5. The van der Waals surface area contributed by atoms with Gasteiger partial charge in [0.15, 0.2) is 0 Å². The molecule has 0 saturated carbocycles. The Kier molecular flexibility index (Phi) is 16.6. The average Bonchev–Trinajstić information content (AvgIpc) is 3.03. The van der Waals surface area contributed by atoms with Crippen LogP contribution in [0.5, 0.6) is 0 Å². The van der Waals surface area contributed by atoms with E-state index in [4.69, 9.17) is 0 Å². The summed E-state index contributed by atoms with van der Waals surface area (Å²) in [6.45, 7) is 52.4. The summed E-state index contributed by atoms with van der Waals surface area (Å²) >= 11 is 0. The van der Waals surface area contributed by atoms with E-state index in [0.717, 1.165) is 22.9 Å². The van der Waals surface area contributed by atoms with Crippen LogP contribution in [0.3, 0.4) is 0 Å². The summed E-state index contributed by atoms with van der Waals surface area (Å²) in [4.78, 5) is 22.2. The van der Waals surface area contributed by atoms with Crippen LogP contribution in [0.25, 0.3) is 0 Å². The third-order valence-electron chi connectivity index (χ3n) is 9.39. The van der Waals surface area contributed by atoms with E-state index in [1.54, 1.807) is 0 Å². The Balaban J connectivity index is 0.000000373. The van der Waals surface area contributed by atoms with Gasteiger partial charge in [-0.05, 0) is 50.0 Å². The molecule has 0 N–H and O–H groups in total. The first-order valence-electron chi connectivity index (χ1n) is 20.6.